The highest BCUT2D eigenvalue weighted by Crippen LogP contribution is 2.39. The molecule has 0 unspecified atom stereocenters. The number of rotatable bonds is 7. The molecule has 4 rings (SSSR count). The summed E-state index contributed by atoms with van der Waals surface area (Å²) in [6.45, 7) is 4.35. The molecule has 0 spiro atoms. The predicted molar refractivity (Wildman–Crippen MR) is 127 cm³/mol. The van der Waals surface area contributed by atoms with Crippen molar-refractivity contribution in [3.05, 3.63) is 88.7 Å². The molecular weight excluding hydrogens is 421 g/mol. The van der Waals surface area contributed by atoms with Crippen molar-refractivity contribution >= 4 is 0 Å². The quantitative estimate of drug-likeness (QED) is 0.350. The topological polar surface area (TPSA) is 9.23 Å². The molecule has 1 nitrogen and oxygen atoms in total. The summed E-state index contributed by atoms with van der Waals surface area (Å²) in [6, 6.07) is 16.1. The molecule has 3 aromatic carbocycles. The standard InChI is InChI=1S/C29H31F3O/c1-3-4-20-6-10-22(11-7-20)25-15-16-26(29(32)28(25)31)23-12-8-21(9-13-23)18-33-24-14-5-19(2)27(30)17-24/h5-7,10-11,14-17,21,23H,3-4,8-9,12-13,18H2,1-2H3. The third-order valence-electron chi connectivity index (χ3n) is 6.83. The average molecular weight is 453 g/mol. The fourth-order valence-electron chi connectivity index (χ4n) is 4.76. The minimum Gasteiger partial charge on any atom is -0.493 e. The van der Waals surface area contributed by atoms with Gasteiger partial charge in [0, 0.05) is 11.6 Å². The second-order valence-electron chi connectivity index (χ2n) is 9.22. The lowest BCUT2D eigenvalue weighted by Gasteiger charge is -2.29. The molecule has 1 saturated carbocycles. The molecular formula is C29H31F3O. The highest BCUT2D eigenvalue weighted by Gasteiger charge is 2.27. The monoisotopic (exact) mass is 452 g/mol. The highest BCUT2D eigenvalue weighted by atomic mass is 19.2. The van der Waals surface area contributed by atoms with Gasteiger partial charge in [0.25, 0.3) is 0 Å². The molecule has 0 saturated heterocycles. The molecule has 3 aromatic rings. The van der Waals surface area contributed by atoms with Crippen LogP contribution in [0.25, 0.3) is 11.1 Å². The summed E-state index contributed by atoms with van der Waals surface area (Å²) in [4.78, 5) is 0. The van der Waals surface area contributed by atoms with Crippen LogP contribution < -0.4 is 4.74 Å². The Hall–Kier alpha value is -2.75. The summed E-state index contributed by atoms with van der Waals surface area (Å²) in [5.41, 5.74) is 3.28. The Labute approximate surface area is 194 Å². The van der Waals surface area contributed by atoms with Gasteiger partial charge in [-0.1, -0.05) is 55.8 Å². The Morgan fingerprint density at radius 1 is 0.848 bits per heavy atom. The van der Waals surface area contributed by atoms with E-state index < -0.39 is 11.6 Å². The molecule has 0 aromatic heterocycles. The Kier molecular flexibility index (Phi) is 7.42. The average Bonchev–Trinajstić information content (AvgIpc) is 2.83. The zero-order chi connectivity index (χ0) is 23.4. The number of benzene rings is 3. The largest absolute Gasteiger partial charge is 0.493 e. The van der Waals surface area contributed by atoms with Crippen molar-refractivity contribution in [1.29, 1.82) is 0 Å². The molecule has 33 heavy (non-hydrogen) atoms. The van der Waals surface area contributed by atoms with Gasteiger partial charge in [-0.2, -0.15) is 0 Å². The van der Waals surface area contributed by atoms with Crippen LogP contribution >= 0.6 is 0 Å². The van der Waals surface area contributed by atoms with E-state index >= 15 is 4.39 Å². The van der Waals surface area contributed by atoms with Crippen LogP contribution in [0.3, 0.4) is 0 Å². The Morgan fingerprint density at radius 2 is 1.58 bits per heavy atom. The Bertz CT molecular complexity index is 1080. The van der Waals surface area contributed by atoms with Crippen LogP contribution in [0.2, 0.25) is 0 Å². The molecule has 4 heteroatoms. The maximum Gasteiger partial charge on any atom is 0.166 e. The second kappa shape index (κ2) is 10.5. The van der Waals surface area contributed by atoms with Gasteiger partial charge in [-0.3, -0.25) is 0 Å². The maximum absolute atomic E-state index is 15.0. The predicted octanol–water partition coefficient (Wildman–Crippen LogP) is 8.38. The molecule has 0 atom stereocenters. The lowest BCUT2D eigenvalue weighted by atomic mass is 9.78. The van der Waals surface area contributed by atoms with Crippen LogP contribution in [-0.2, 0) is 6.42 Å². The van der Waals surface area contributed by atoms with Gasteiger partial charge in [0.1, 0.15) is 11.6 Å². The summed E-state index contributed by atoms with van der Waals surface area (Å²) < 4.78 is 49.5. The van der Waals surface area contributed by atoms with Crippen molar-refractivity contribution < 1.29 is 17.9 Å². The summed E-state index contributed by atoms with van der Waals surface area (Å²) in [7, 11) is 0. The van der Waals surface area contributed by atoms with E-state index in [1.165, 1.54) is 11.6 Å². The second-order valence-corrected chi connectivity index (χ2v) is 9.22. The molecule has 0 bridgehead atoms. The van der Waals surface area contributed by atoms with E-state index in [9.17, 15) is 8.78 Å². The normalized spacial score (nSPS) is 18.3. The zero-order valence-electron chi connectivity index (χ0n) is 19.3. The number of hydrogen-bond donors (Lipinski definition) is 0. The van der Waals surface area contributed by atoms with Crippen LogP contribution in [0, 0.1) is 30.3 Å². The molecule has 0 aliphatic heterocycles. The van der Waals surface area contributed by atoms with Crippen LogP contribution in [-0.4, -0.2) is 6.61 Å². The van der Waals surface area contributed by atoms with E-state index in [-0.39, 0.29) is 11.7 Å². The van der Waals surface area contributed by atoms with Gasteiger partial charge in [-0.05, 0) is 79.2 Å². The summed E-state index contributed by atoms with van der Waals surface area (Å²) in [5, 5.41) is 0. The summed E-state index contributed by atoms with van der Waals surface area (Å²) >= 11 is 0. The van der Waals surface area contributed by atoms with Gasteiger partial charge in [0.2, 0.25) is 0 Å². The third-order valence-corrected chi connectivity index (χ3v) is 6.83. The van der Waals surface area contributed by atoms with Gasteiger partial charge in [0.05, 0.1) is 6.61 Å². The van der Waals surface area contributed by atoms with Crippen LogP contribution in [0.5, 0.6) is 5.75 Å². The van der Waals surface area contributed by atoms with Crippen LogP contribution in [0.1, 0.15) is 61.6 Å². The summed E-state index contributed by atoms with van der Waals surface area (Å²) in [6.07, 6.45) is 5.36. The van der Waals surface area contributed by atoms with Gasteiger partial charge < -0.3 is 4.74 Å². The Balaban J connectivity index is 1.38. The van der Waals surface area contributed by atoms with Crippen molar-refractivity contribution in [3.8, 4) is 16.9 Å². The Morgan fingerprint density at radius 3 is 2.24 bits per heavy atom. The van der Waals surface area contributed by atoms with Crippen molar-refractivity contribution in [3.63, 3.8) is 0 Å². The molecule has 0 N–H and O–H groups in total. The van der Waals surface area contributed by atoms with Gasteiger partial charge in [0.15, 0.2) is 11.6 Å². The van der Waals surface area contributed by atoms with E-state index in [4.69, 9.17) is 4.74 Å². The smallest absolute Gasteiger partial charge is 0.166 e. The lowest BCUT2D eigenvalue weighted by Crippen LogP contribution is -2.20. The maximum atomic E-state index is 15.0. The van der Waals surface area contributed by atoms with Gasteiger partial charge >= 0.3 is 0 Å². The lowest BCUT2D eigenvalue weighted by molar-refractivity contribution is 0.198. The highest BCUT2D eigenvalue weighted by molar-refractivity contribution is 5.65. The fraction of sp³-hybridized carbons (Fsp3) is 0.379. The summed E-state index contributed by atoms with van der Waals surface area (Å²) in [5.74, 6) is -0.878. The molecule has 0 heterocycles. The van der Waals surface area contributed by atoms with E-state index in [2.05, 4.69) is 6.92 Å². The molecule has 1 aliphatic rings. The number of hydrogen-bond acceptors (Lipinski definition) is 1. The first-order chi connectivity index (χ1) is 16.0. The van der Waals surface area contributed by atoms with Crippen molar-refractivity contribution in [1.82, 2.24) is 0 Å². The molecule has 1 fully saturated rings. The fourth-order valence-corrected chi connectivity index (χ4v) is 4.76. The third kappa shape index (κ3) is 5.43. The first kappa shape index (κ1) is 23.4. The molecule has 0 amide bonds. The van der Waals surface area contributed by atoms with Crippen molar-refractivity contribution in [2.24, 2.45) is 5.92 Å². The first-order valence-corrected chi connectivity index (χ1v) is 11.9. The van der Waals surface area contributed by atoms with E-state index in [1.54, 1.807) is 31.2 Å². The number of halogens is 3. The molecule has 174 valence electrons. The van der Waals surface area contributed by atoms with Crippen LogP contribution in [0.15, 0.2) is 54.6 Å². The van der Waals surface area contributed by atoms with Gasteiger partial charge in [-0.25, -0.2) is 13.2 Å². The minimum absolute atomic E-state index is 0.00792. The van der Waals surface area contributed by atoms with Crippen molar-refractivity contribution in [2.75, 3.05) is 6.61 Å². The van der Waals surface area contributed by atoms with Crippen LogP contribution in [0.4, 0.5) is 13.2 Å². The molecule has 1 aliphatic carbocycles. The minimum atomic E-state index is -0.761. The zero-order valence-corrected chi connectivity index (χ0v) is 19.3. The molecule has 0 radical (unpaired) electrons. The number of aryl methyl sites for hydroxylation is 2. The van der Waals surface area contributed by atoms with Crippen molar-refractivity contribution in [2.45, 2.75) is 58.3 Å². The van der Waals surface area contributed by atoms with E-state index in [0.29, 0.717) is 40.5 Å². The SMILES string of the molecule is CCCc1ccc(-c2ccc(C3CCC(COc4ccc(C)c(F)c4)CC3)c(F)c2F)cc1. The van der Waals surface area contributed by atoms with Gasteiger partial charge in [-0.15, -0.1) is 0 Å². The van der Waals surface area contributed by atoms with E-state index in [0.717, 1.165) is 38.5 Å². The first-order valence-electron chi connectivity index (χ1n) is 11.9. The number of ether oxygens (including phenoxy) is 1. The van der Waals surface area contributed by atoms with E-state index in [1.807, 2.05) is 24.3 Å².